The molecule has 3 heterocycles. The number of aromatic nitrogens is 4. The summed E-state index contributed by atoms with van der Waals surface area (Å²) in [4.78, 5) is 13.8. The Hall–Kier alpha value is -3.27. The molecule has 0 aliphatic carbocycles. The third kappa shape index (κ3) is 1.90. The van der Waals surface area contributed by atoms with Gasteiger partial charge in [0.05, 0.1) is 28.4 Å². The number of benzene rings is 2. The van der Waals surface area contributed by atoms with E-state index in [1.165, 1.54) is 5.56 Å². The van der Waals surface area contributed by atoms with E-state index < -0.39 is 0 Å². The molecule has 0 atom stereocenters. The van der Waals surface area contributed by atoms with Crippen molar-refractivity contribution >= 4 is 32.8 Å². The Morgan fingerprint density at radius 3 is 2.17 bits per heavy atom. The van der Waals surface area contributed by atoms with E-state index in [2.05, 4.69) is 55.9 Å². The van der Waals surface area contributed by atoms with Crippen LogP contribution in [-0.2, 0) is 6.54 Å². The van der Waals surface area contributed by atoms with Crippen LogP contribution in [0.5, 0.6) is 0 Å². The normalized spacial score (nSPS) is 11.5. The molecule has 5 aromatic rings. The molecule has 0 saturated carbocycles. The maximum absolute atomic E-state index is 4.69. The highest BCUT2D eigenvalue weighted by Crippen LogP contribution is 2.32. The lowest BCUT2D eigenvalue weighted by Crippen LogP contribution is -1.98. The lowest BCUT2D eigenvalue weighted by Gasteiger charge is -2.09. The first kappa shape index (κ1) is 13.2. The second kappa shape index (κ2) is 5.13. The molecule has 0 amide bonds. The molecule has 4 nitrogen and oxygen atoms in total. The van der Waals surface area contributed by atoms with E-state index in [0.29, 0.717) is 0 Å². The van der Waals surface area contributed by atoms with Gasteiger partial charge in [-0.05, 0) is 29.8 Å². The average molecular weight is 310 g/mol. The van der Waals surface area contributed by atoms with Crippen molar-refractivity contribution in [1.82, 2.24) is 19.5 Å². The summed E-state index contributed by atoms with van der Waals surface area (Å²) >= 11 is 0. The molecule has 24 heavy (non-hydrogen) atoms. The van der Waals surface area contributed by atoms with Gasteiger partial charge in [-0.3, -0.25) is 9.97 Å². The van der Waals surface area contributed by atoms with E-state index in [0.717, 1.165) is 39.4 Å². The Kier molecular flexibility index (Phi) is 2.82. The van der Waals surface area contributed by atoms with Crippen molar-refractivity contribution < 1.29 is 0 Å². The molecular formula is C20H14N4. The van der Waals surface area contributed by atoms with E-state index in [1.54, 1.807) is 0 Å². The van der Waals surface area contributed by atoms with E-state index in [1.807, 2.05) is 36.9 Å². The van der Waals surface area contributed by atoms with Gasteiger partial charge in [-0.25, -0.2) is 4.98 Å². The maximum atomic E-state index is 4.69. The Balaban J connectivity index is 1.88. The summed E-state index contributed by atoms with van der Waals surface area (Å²) in [6.45, 7) is 0.785. The fourth-order valence-electron chi connectivity index (χ4n) is 3.33. The molecular weight excluding hydrogens is 296 g/mol. The third-order valence-electron chi connectivity index (χ3n) is 4.38. The quantitative estimate of drug-likeness (QED) is 0.459. The number of rotatable bonds is 2. The highest BCUT2D eigenvalue weighted by Gasteiger charge is 2.14. The van der Waals surface area contributed by atoms with Gasteiger partial charge in [-0.1, -0.05) is 30.3 Å². The molecule has 3 aromatic heterocycles. The lowest BCUT2D eigenvalue weighted by molar-refractivity contribution is 0.827. The summed E-state index contributed by atoms with van der Waals surface area (Å²) in [6, 6.07) is 18.5. The monoisotopic (exact) mass is 310 g/mol. The average Bonchev–Trinajstić information content (AvgIpc) is 3.07. The number of hydrogen-bond donors (Lipinski definition) is 0. The van der Waals surface area contributed by atoms with Gasteiger partial charge in [0.15, 0.2) is 0 Å². The Morgan fingerprint density at radius 2 is 1.38 bits per heavy atom. The van der Waals surface area contributed by atoms with Crippen molar-refractivity contribution in [2.75, 3.05) is 0 Å². The van der Waals surface area contributed by atoms with Crippen LogP contribution in [0.25, 0.3) is 32.8 Å². The highest BCUT2D eigenvalue weighted by atomic mass is 15.0. The van der Waals surface area contributed by atoms with Gasteiger partial charge in [-0.15, -0.1) is 0 Å². The standard InChI is InChI=1S/C20H14N4/c1-2-6-14(7-3-1)12-24-13-23-19-15-8-4-10-21-17(15)18-16(20(19)24)9-5-11-22-18/h1-11,13H,12H2. The molecule has 2 aromatic carbocycles. The van der Waals surface area contributed by atoms with E-state index in [9.17, 15) is 0 Å². The van der Waals surface area contributed by atoms with Gasteiger partial charge in [0.25, 0.3) is 0 Å². The fraction of sp³-hybridized carbons (Fsp3) is 0.0500. The van der Waals surface area contributed by atoms with E-state index >= 15 is 0 Å². The first-order chi connectivity index (χ1) is 11.9. The second-order valence-corrected chi connectivity index (χ2v) is 5.85. The topological polar surface area (TPSA) is 43.6 Å². The van der Waals surface area contributed by atoms with Crippen molar-refractivity contribution in [2.45, 2.75) is 6.54 Å². The summed E-state index contributed by atoms with van der Waals surface area (Å²) < 4.78 is 2.20. The zero-order valence-electron chi connectivity index (χ0n) is 12.9. The van der Waals surface area contributed by atoms with E-state index in [-0.39, 0.29) is 0 Å². The highest BCUT2D eigenvalue weighted by molar-refractivity contribution is 6.20. The molecule has 114 valence electrons. The SMILES string of the molecule is c1ccc(Cn2cnc3c4cccnc4c4ncccc4c32)cc1. The summed E-state index contributed by atoms with van der Waals surface area (Å²) in [5, 5.41) is 2.14. The molecule has 0 aliphatic heterocycles. The minimum atomic E-state index is 0.785. The Labute approximate surface area is 138 Å². The largest absolute Gasteiger partial charge is 0.326 e. The summed E-state index contributed by atoms with van der Waals surface area (Å²) in [7, 11) is 0. The van der Waals surface area contributed by atoms with Crippen LogP contribution in [-0.4, -0.2) is 19.5 Å². The minimum absolute atomic E-state index is 0.785. The maximum Gasteiger partial charge on any atom is 0.0987 e. The van der Waals surface area contributed by atoms with E-state index in [4.69, 9.17) is 0 Å². The fourth-order valence-corrected chi connectivity index (χ4v) is 3.33. The number of fused-ring (bicyclic) bond motifs is 6. The second-order valence-electron chi connectivity index (χ2n) is 5.85. The molecule has 0 radical (unpaired) electrons. The van der Waals surface area contributed by atoms with Crippen molar-refractivity contribution in [2.24, 2.45) is 0 Å². The van der Waals surface area contributed by atoms with Crippen molar-refractivity contribution in [1.29, 1.82) is 0 Å². The van der Waals surface area contributed by atoms with Crippen LogP contribution in [0.2, 0.25) is 0 Å². The van der Waals surface area contributed by atoms with Gasteiger partial charge in [0.1, 0.15) is 0 Å². The minimum Gasteiger partial charge on any atom is -0.326 e. The number of imidazole rings is 1. The predicted octanol–water partition coefficient (Wildman–Crippen LogP) is 4.18. The zero-order chi connectivity index (χ0) is 15.9. The number of hydrogen-bond acceptors (Lipinski definition) is 3. The predicted molar refractivity (Wildman–Crippen MR) is 95.9 cm³/mol. The van der Waals surface area contributed by atoms with Crippen LogP contribution in [0.4, 0.5) is 0 Å². The first-order valence-corrected chi connectivity index (χ1v) is 7.92. The number of nitrogens with zero attached hydrogens (tertiary/aromatic N) is 4. The zero-order valence-corrected chi connectivity index (χ0v) is 12.9. The molecule has 0 unspecified atom stereocenters. The van der Waals surface area contributed by atoms with Crippen LogP contribution in [0.3, 0.4) is 0 Å². The van der Waals surface area contributed by atoms with Crippen LogP contribution < -0.4 is 0 Å². The van der Waals surface area contributed by atoms with Gasteiger partial charge in [-0.2, -0.15) is 0 Å². The van der Waals surface area contributed by atoms with Crippen LogP contribution in [0, 0.1) is 0 Å². The van der Waals surface area contributed by atoms with Gasteiger partial charge < -0.3 is 4.57 Å². The van der Waals surface area contributed by atoms with Crippen molar-refractivity contribution in [3.05, 3.63) is 78.9 Å². The summed E-state index contributed by atoms with van der Waals surface area (Å²) in [5.41, 5.74) is 5.18. The number of pyridine rings is 2. The van der Waals surface area contributed by atoms with Crippen LogP contribution >= 0.6 is 0 Å². The smallest absolute Gasteiger partial charge is 0.0987 e. The van der Waals surface area contributed by atoms with Gasteiger partial charge >= 0.3 is 0 Å². The van der Waals surface area contributed by atoms with Crippen molar-refractivity contribution in [3.63, 3.8) is 0 Å². The summed E-state index contributed by atoms with van der Waals surface area (Å²) in [6.07, 6.45) is 5.54. The molecule has 0 N–H and O–H groups in total. The van der Waals surface area contributed by atoms with Crippen molar-refractivity contribution in [3.8, 4) is 0 Å². The first-order valence-electron chi connectivity index (χ1n) is 7.92. The van der Waals surface area contributed by atoms with Gasteiger partial charge in [0, 0.05) is 29.7 Å². The van der Waals surface area contributed by atoms with Crippen LogP contribution in [0.15, 0.2) is 73.3 Å². The Bertz CT molecular complexity index is 1180. The molecule has 0 fully saturated rings. The van der Waals surface area contributed by atoms with Crippen LogP contribution in [0.1, 0.15) is 5.56 Å². The molecule has 5 rings (SSSR count). The summed E-state index contributed by atoms with van der Waals surface area (Å²) in [5.74, 6) is 0. The third-order valence-corrected chi connectivity index (χ3v) is 4.38. The molecule has 0 aliphatic rings. The lowest BCUT2D eigenvalue weighted by atomic mass is 10.1. The Morgan fingerprint density at radius 1 is 0.667 bits per heavy atom. The molecule has 4 heteroatoms. The molecule has 0 bridgehead atoms. The van der Waals surface area contributed by atoms with Gasteiger partial charge in [0.2, 0.25) is 0 Å². The molecule has 0 spiro atoms. The molecule has 0 saturated heterocycles.